The van der Waals surface area contributed by atoms with Gasteiger partial charge < -0.3 is 0 Å². The zero-order valence-corrected chi connectivity index (χ0v) is 10.5. The van der Waals surface area contributed by atoms with Gasteiger partial charge in [0.2, 0.25) is 0 Å². The van der Waals surface area contributed by atoms with Crippen LogP contribution in [0.3, 0.4) is 0 Å². The van der Waals surface area contributed by atoms with Gasteiger partial charge in [-0.05, 0) is 18.1 Å². The van der Waals surface area contributed by atoms with E-state index in [1.165, 1.54) is 0 Å². The number of nitrogens with zero attached hydrogens (tertiary/aromatic N) is 1. The Morgan fingerprint density at radius 2 is 2.13 bits per heavy atom. The van der Waals surface area contributed by atoms with E-state index >= 15 is 0 Å². The highest BCUT2D eigenvalue weighted by Crippen LogP contribution is 2.33. The molecule has 3 heteroatoms. The maximum atomic E-state index is 9.07. The van der Waals surface area contributed by atoms with Crippen molar-refractivity contribution in [2.24, 2.45) is 5.92 Å². The Hall–Kier alpha value is -0.650. The molecule has 0 N–H and O–H groups in total. The number of hydrogen-bond acceptors (Lipinski definition) is 2. The minimum atomic E-state index is -0.0186. The molecule has 1 rings (SSSR count). The molecule has 2 unspecified atom stereocenters. The lowest BCUT2D eigenvalue weighted by molar-refractivity contribution is 0.589. The number of nitriles is 1. The highest BCUT2D eigenvalue weighted by atomic mass is 35.5. The first kappa shape index (κ1) is 12.4. The minimum Gasteiger partial charge on any atom is -0.197 e. The molecule has 0 aliphatic rings. The predicted octanol–water partition coefficient (Wildman–Crippen LogP) is 4.37. The number of halogens is 1. The highest BCUT2D eigenvalue weighted by Gasteiger charge is 2.17. The van der Waals surface area contributed by atoms with Crippen molar-refractivity contribution in [3.8, 4) is 6.07 Å². The van der Waals surface area contributed by atoms with Crippen molar-refractivity contribution >= 4 is 23.4 Å². The monoisotopic (exact) mass is 239 g/mol. The van der Waals surface area contributed by atoms with E-state index in [2.05, 4.69) is 19.9 Å². The molecule has 0 aliphatic carbocycles. The SMILES string of the molecule is CCC(C)C(C#N)Sc1ccccc1Cl. The van der Waals surface area contributed by atoms with Crippen LogP contribution in [0, 0.1) is 17.2 Å². The van der Waals surface area contributed by atoms with Crippen LogP contribution in [0.25, 0.3) is 0 Å². The molecular formula is C12H14ClNS. The Bertz CT molecular complexity index is 359. The first-order valence-electron chi connectivity index (χ1n) is 4.99. The molecule has 80 valence electrons. The Morgan fingerprint density at radius 3 is 2.67 bits per heavy atom. The molecule has 0 radical (unpaired) electrons. The summed E-state index contributed by atoms with van der Waals surface area (Å²) in [5.41, 5.74) is 0. The molecule has 1 aromatic carbocycles. The smallest absolute Gasteiger partial charge is 0.0989 e. The van der Waals surface area contributed by atoms with Crippen molar-refractivity contribution in [1.82, 2.24) is 0 Å². The van der Waals surface area contributed by atoms with Crippen LogP contribution in [-0.4, -0.2) is 5.25 Å². The van der Waals surface area contributed by atoms with Gasteiger partial charge in [-0.3, -0.25) is 0 Å². The standard InChI is InChI=1S/C12H14ClNS/c1-3-9(2)12(8-14)15-11-7-5-4-6-10(11)13/h4-7,9,12H,3H2,1-2H3. The zero-order chi connectivity index (χ0) is 11.3. The second-order valence-electron chi connectivity index (χ2n) is 3.48. The first-order chi connectivity index (χ1) is 7.19. The molecule has 0 aromatic heterocycles. The Morgan fingerprint density at radius 1 is 1.47 bits per heavy atom. The van der Waals surface area contributed by atoms with Crippen LogP contribution in [0.5, 0.6) is 0 Å². The third kappa shape index (κ3) is 3.44. The molecule has 0 bridgehead atoms. The molecule has 0 spiro atoms. The van der Waals surface area contributed by atoms with Gasteiger partial charge in [0.1, 0.15) is 0 Å². The zero-order valence-electron chi connectivity index (χ0n) is 8.90. The van der Waals surface area contributed by atoms with Crippen LogP contribution in [-0.2, 0) is 0 Å². The summed E-state index contributed by atoms with van der Waals surface area (Å²) in [6.07, 6.45) is 1.01. The first-order valence-corrected chi connectivity index (χ1v) is 6.25. The van der Waals surface area contributed by atoms with Crippen LogP contribution >= 0.6 is 23.4 Å². The summed E-state index contributed by atoms with van der Waals surface area (Å²) in [6.45, 7) is 4.19. The molecule has 0 aliphatic heterocycles. The van der Waals surface area contributed by atoms with Gasteiger partial charge >= 0.3 is 0 Å². The molecule has 15 heavy (non-hydrogen) atoms. The minimum absolute atomic E-state index is 0.0186. The molecule has 0 fully saturated rings. The molecule has 0 saturated heterocycles. The van der Waals surface area contributed by atoms with Gasteiger partial charge in [-0.15, -0.1) is 11.8 Å². The maximum Gasteiger partial charge on any atom is 0.0989 e. The molecule has 0 saturated carbocycles. The fourth-order valence-electron chi connectivity index (χ4n) is 1.16. The summed E-state index contributed by atoms with van der Waals surface area (Å²) < 4.78 is 0. The molecule has 1 aromatic rings. The van der Waals surface area contributed by atoms with Crippen molar-refractivity contribution < 1.29 is 0 Å². The summed E-state index contributed by atoms with van der Waals surface area (Å²) in [6, 6.07) is 9.99. The molecule has 2 atom stereocenters. The molecule has 1 nitrogen and oxygen atoms in total. The molecule has 0 amide bonds. The van der Waals surface area contributed by atoms with E-state index in [0.717, 1.165) is 16.3 Å². The third-order valence-corrected chi connectivity index (χ3v) is 4.25. The van der Waals surface area contributed by atoms with Crippen LogP contribution in [0.4, 0.5) is 0 Å². The van der Waals surface area contributed by atoms with Gasteiger partial charge in [0.25, 0.3) is 0 Å². The Kier molecular flexibility index (Phi) is 5.01. The Labute approximate surface area is 100 Å². The molecular weight excluding hydrogens is 226 g/mol. The molecule has 0 heterocycles. The van der Waals surface area contributed by atoms with E-state index in [9.17, 15) is 0 Å². The van der Waals surface area contributed by atoms with Crippen molar-refractivity contribution in [2.75, 3.05) is 0 Å². The quantitative estimate of drug-likeness (QED) is 0.729. The van der Waals surface area contributed by atoms with E-state index in [1.54, 1.807) is 11.8 Å². The third-order valence-electron chi connectivity index (χ3n) is 2.38. The van der Waals surface area contributed by atoms with Crippen molar-refractivity contribution in [3.63, 3.8) is 0 Å². The van der Waals surface area contributed by atoms with Gasteiger partial charge in [0.15, 0.2) is 0 Å². The summed E-state index contributed by atoms with van der Waals surface area (Å²) >= 11 is 7.60. The van der Waals surface area contributed by atoms with E-state index in [-0.39, 0.29) is 5.25 Å². The number of benzene rings is 1. The lowest BCUT2D eigenvalue weighted by Crippen LogP contribution is -2.10. The van der Waals surface area contributed by atoms with Gasteiger partial charge in [0.05, 0.1) is 16.3 Å². The topological polar surface area (TPSA) is 23.8 Å². The Balaban J connectivity index is 2.76. The van der Waals surface area contributed by atoms with E-state index < -0.39 is 0 Å². The fraction of sp³-hybridized carbons (Fsp3) is 0.417. The van der Waals surface area contributed by atoms with E-state index in [1.807, 2.05) is 24.3 Å². The number of hydrogen-bond donors (Lipinski definition) is 0. The lowest BCUT2D eigenvalue weighted by Gasteiger charge is -2.15. The van der Waals surface area contributed by atoms with Gasteiger partial charge in [0, 0.05) is 4.90 Å². The maximum absolute atomic E-state index is 9.07. The van der Waals surface area contributed by atoms with Crippen molar-refractivity contribution in [3.05, 3.63) is 29.3 Å². The summed E-state index contributed by atoms with van der Waals surface area (Å²) in [4.78, 5) is 0.992. The van der Waals surface area contributed by atoms with Gasteiger partial charge in [-0.2, -0.15) is 5.26 Å². The van der Waals surface area contributed by atoms with Crippen molar-refractivity contribution in [2.45, 2.75) is 30.4 Å². The average Bonchev–Trinajstić information content (AvgIpc) is 2.27. The van der Waals surface area contributed by atoms with Gasteiger partial charge in [-0.25, -0.2) is 0 Å². The number of rotatable bonds is 4. The average molecular weight is 240 g/mol. The van der Waals surface area contributed by atoms with E-state index in [0.29, 0.717) is 5.92 Å². The lowest BCUT2D eigenvalue weighted by atomic mass is 10.1. The summed E-state index contributed by atoms with van der Waals surface area (Å²) in [5, 5.41) is 9.78. The van der Waals surface area contributed by atoms with Crippen molar-refractivity contribution in [1.29, 1.82) is 5.26 Å². The predicted molar refractivity (Wildman–Crippen MR) is 66.2 cm³/mol. The normalized spacial score (nSPS) is 14.3. The fourth-order valence-corrected chi connectivity index (χ4v) is 2.52. The van der Waals surface area contributed by atoms with E-state index in [4.69, 9.17) is 16.9 Å². The largest absolute Gasteiger partial charge is 0.197 e. The second kappa shape index (κ2) is 6.05. The summed E-state index contributed by atoms with van der Waals surface area (Å²) in [7, 11) is 0. The van der Waals surface area contributed by atoms with Crippen LogP contribution in [0.15, 0.2) is 29.2 Å². The van der Waals surface area contributed by atoms with Crippen LogP contribution in [0.2, 0.25) is 5.02 Å². The summed E-state index contributed by atoms with van der Waals surface area (Å²) in [5.74, 6) is 0.385. The van der Waals surface area contributed by atoms with Crippen LogP contribution in [0.1, 0.15) is 20.3 Å². The highest BCUT2D eigenvalue weighted by molar-refractivity contribution is 8.00. The number of thioether (sulfide) groups is 1. The van der Waals surface area contributed by atoms with Crippen LogP contribution < -0.4 is 0 Å². The second-order valence-corrected chi connectivity index (χ2v) is 5.07. The van der Waals surface area contributed by atoms with Gasteiger partial charge in [-0.1, -0.05) is 44.0 Å².